The number of pyridine rings is 1. The number of rotatable bonds is 4. The molecule has 0 unspecified atom stereocenters. The Bertz CT molecular complexity index is 870. The summed E-state index contributed by atoms with van der Waals surface area (Å²) in [4.78, 5) is 16.1. The number of phenols is 1. The number of benzene rings is 1. The Hall–Kier alpha value is -3.07. The highest BCUT2D eigenvalue weighted by molar-refractivity contribution is 6.32. The largest absolute Gasteiger partial charge is 0.504 e. The molecule has 2 aromatic heterocycles. The van der Waals surface area contributed by atoms with Crippen molar-refractivity contribution in [2.75, 3.05) is 5.32 Å². The van der Waals surface area contributed by atoms with E-state index in [1.165, 1.54) is 6.20 Å². The Kier molecular flexibility index (Phi) is 4.34. The van der Waals surface area contributed by atoms with Crippen molar-refractivity contribution in [2.24, 2.45) is 0 Å². The molecule has 0 saturated carbocycles. The first-order valence-corrected chi connectivity index (χ1v) is 7.07. The summed E-state index contributed by atoms with van der Waals surface area (Å²) >= 11 is 5.66. The summed E-state index contributed by atoms with van der Waals surface area (Å²) in [6, 6.07) is 5.25. The molecule has 0 aliphatic rings. The molecule has 3 aromatic rings. The molecule has 0 aliphatic carbocycles. The molecule has 0 aliphatic heterocycles. The molecule has 122 valence electrons. The fraction of sp³-hybridized carbons (Fsp3) is 0.0714. The normalized spacial score (nSPS) is 10.6. The standard InChI is InChI=1S/C14H10ClFN6O2/c15-9-4-8(16)5-11(13(9)24)18-12(23)3-7-1-2-10(17-6-7)14-19-21-22-20-14/h1-2,4-6,24H,3H2,(H,18,23)(H,19,20,21,22). The number of tetrazole rings is 1. The maximum Gasteiger partial charge on any atom is 0.228 e. The van der Waals surface area contributed by atoms with Gasteiger partial charge >= 0.3 is 0 Å². The van der Waals surface area contributed by atoms with Gasteiger partial charge in [0.2, 0.25) is 11.7 Å². The number of aromatic nitrogens is 5. The van der Waals surface area contributed by atoms with E-state index in [1.54, 1.807) is 12.1 Å². The number of nitrogens with zero attached hydrogens (tertiary/aromatic N) is 4. The molecule has 3 rings (SSSR count). The minimum Gasteiger partial charge on any atom is -0.504 e. The number of hydrogen-bond acceptors (Lipinski definition) is 6. The second kappa shape index (κ2) is 6.59. The number of phenolic OH excluding ortho intramolecular Hbond substituents is 1. The summed E-state index contributed by atoms with van der Waals surface area (Å²) in [5.74, 6) is -1.18. The van der Waals surface area contributed by atoms with Crippen LogP contribution in [-0.4, -0.2) is 36.6 Å². The molecule has 24 heavy (non-hydrogen) atoms. The molecular weight excluding hydrogens is 339 g/mol. The van der Waals surface area contributed by atoms with E-state index in [-0.39, 0.29) is 17.1 Å². The van der Waals surface area contributed by atoms with Crippen LogP contribution in [0.2, 0.25) is 5.02 Å². The third-order valence-corrected chi connectivity index (χ3v) is 3.35. The lowest BCUT2D eigenvalue weighted by Gasteiger charge is -2.09. The van der Waals surface area contributed by atoms with E-state index < -0.39 is 17.5 Å². The quantitative estimate of drug-likeness (QED) is 0.620. The lowest BCUT2D eigenvalue weighted by molar-refractivity contribution is -0.115. The summed E-state index contributed by atoms with van der Waals surface area (Å²) in [5.41, 5.74) is 1.02. The number of carbonyl (C=O) groups is 1. The van der Waals surface area contributed by atoms with Crippen LogP contribution in [0.5, 0.6) is 5.75 Å². The van der Waals surface area contributed by atoms with Gasteiger partial charge < -0.3 is 10.4 Å². The van der Waals surface area contributed by atoms with Crippen LogP contribution in [0.15, 0.2) is 30.5 Å². The van der Waals surface area contributed by atoms with E-state index in [0.717, 1.165) is 12.1 Å². The number of amides is 1. The summed E-state index contributed by atoms with van der Waals surface area (Å²) in [6.07, 6.45) is 1.47. The first kappa shape index (κ1) is 15.8. The van der Waals surface area contributed by atoms with Crippen molar-refractivity contribution >= 4 is 23.2 Å². The second-order valence-corrected chi connectivity index (χ2v) is 5.20. The van der Waals surface area contributed by atoms with E-state index in [4.69, 9.17) is 11.6 Å². The molecule has 0 spiro atoms. The lowest BCUT2D eigenvalue weighted by atomic mass is 10.2. The summed E-state index contributed by atoms with van der Waals surface area (Å²) in [7, 11) is 0. The summed E-state index contributed by atoms with van der Waals surface area (Å²) in [5, 5.41) is 25.3. The number of aromatic amines is 1. The van der Waals surface area contributed by atoms with Crippen LogP contribution >= 0.6 is 11.6 Å². The Labute approximate surface area is 139 Å². The van der Waals surface area contributed by atoms with Crippen molar-refractivity contribution in [3.05, 3.63) is 46.9 Å². The summed E-state index contributed by atoms with van der Waals surface area (Å²) in [6.45, 7) is 0. The van der Waals surface area contributed by atoms with Crippen LogP contribution in [0.1, 0.15) is 5.56 Å². The highest BCUT2D eigenvalue weighted by Gasteiger charge is 2.13. The minimum absolute atomic E-state index is 0.0207. The van der Waals surface area contributed by atoms with E-state index in [1.807, 2.05) is 0 Å². The Morgan fingerprint density at radius 1 is 1.38 bits per heavy atom. The monoisotopic (exact) mass is 348 g/mol. The van der Waals surface area contributed by atoms with E-state index in [0.29, 0.717) is 17.1 Å². The molecule has 0 bridgehead atoms. The van der Waals surface area contributed by atoms with Gasteiger partial charge in [-0.15, -0.1) is 10.2 Å². The van der Waals surface area contributed by atoms with Gasteiger partial charge in [0.05, 0.1) is 17.1 Å². The first-order valence-electron chi connectivity index (χ1n) is 6.69. The molecule has 0 radical (unpaired) electrons. The predicted molar refractivity (Wildman–Crippen MR) is 82.8 cm³/mol. The van der Waals surface area contributed by atoms with E-state index in [9.17, 15) is 14.3 Å². The smallest absolute Gasteiger partial charge is 0.228 e. The van der Waals surface area contributed by atoms with Crippen molar-refractivity contribution in [2.45, 2.75) is 6.42 Å². The number of H-pyrrole nitrogens is 1. The number of aromatic hydroxyl groups is 1. The average molecular weight is 349 g/mol. The predicted octanol–water partition coefficient (Wildman–Crippen LogP) is 1.94. The van der Waals surface area contributed by atoms with Gasteiger partial charge in [-0.1, -0.05) is 17.7 Å². The molecular formula is C14H10ClFN6O2. The number of carbonyl (C=O) groups excluding carboxylic acids is 1. The molecule has 2 heterocycles. The SMILES string of the molecule is O=C(Cc1ccc(-c2nn[nH]n2)nc1)Nc1cc(F)cc(Cl)c1O. The van der Waals surface area contributed by atoms with Crippen LogP contribution in [0, 0.1) is 5.82 Å². The van der Waals surface area contributed by atoms with Crippen molar-refractivity contribution < 1.29 is 14.3 Å². The molecule has 0 atom stereocenters. The molecule has 1 aromatic carbocycles. The van der Waals surface area contributed by atoms with Crippen LogP contribution in [0.25, 0.3) is 11.5 Å². The first-order chi connectivity index (χ1) is 11.5. The van der Waals surface area contributed by atoms with Gasteiger partial charge in [-0.25, -0.2) is 4.39 Å². The van der Waals surface area contributed by atoms with Crippen molar-refractivity contribution in [1.82, 2.24) is 25.6 Å². The Morgan fingerprint density at radius 3 is 2.88 bits per heavy atom. The molecule has 0 saturated heterocycles. The maximum atomic E-state index is 13.3. The van der Waals surface area contributed by atoms with Gasteiger partial charge in [-0.3, -0.25) is 9.78 Å². The van der Waals surface area contributed by atoms with Crippen LogP contribution in [0.4, 0.5) is 10.1 Å². The lowest BCUT2D eigenvalue weighted by Crippen LogP contribution is -2.15. The number of halogens is 2. The Balaban J connectivity index is 1.69. The number of nitrogens with one attached hydrogen (secondary N) is 2. The van der Waals surface area contributed by atoms with Gasteiger partial charge in [-0.2, -0.15) is 5.21 Å². The number of hydrogen-bond donors (Lipinski definition) is 3. The van der Waals surface area contributed by atoms with Gasteiger partial charge in [-0.05, 0) is 22.9 Å². The van der Waals surface area contributed by atoms with Crippen molar-refractivity contribution in [1.29, 1.82) is 0 Å². The Morgan fingerprint density at radius 2 is 2.21 bits per heavy atom. The topological polar surface area (TPSA) is 117 Å². The van der Waals surface area contributed by atoms with Crippen molar-refractivity contribution in [3.63, 3.8) is 0 Å². The third-order valence-electron chi connectivity index (χ3n) is 3.07. The van der Waals surface area contributed by atoms with Crippen molar-refractivity contribution in [3.8, 4) is 17.3 Å². The molecule has 8 nitrogen and oxygen atoms in total. The molecule has 10 heteroatoms. The van der Waals surface area contributed by atoms with Crippen LogP contribution < -0.4 is 5.32 Å². The van der Waals surface area contributed by atoms with Crippen LogP contribution in [-0.2, 0) is 11.2 Å². The minimum atomic E-state index is -0.667. The highest BCUT2D eigenvalue weighted by atomic mass is 35.5. The molecule has 3 N–H and O–H groups in total. The zero-order chi connectivity index (χ0) is 17.1. The van der Waals surface area contributed by atoms with Gasteiger partial charge in [0, 0.05) is 12.3 Å². The van der Waals surface area contributed by atoms with Gasteiger partial charge in [0.15, 0.2) is 5.75 Å². The summed E-state index contributed by atoms with van der Waals surface area (Å²) < 4.78 is 13.3. The third kappa shape index (κ3) is 3.46. The second-order valence-electron chi connectivity index (χ2n) is 4.80. The fourth-order valence-electron chi connectivity index (χ4n) is 1.97. The highest BCUT2D eigenvalue weighted by Crippen LogP contribution is 2.32. The van der Waals surface area contributed by atoms with Gasteiger partial charge in [0.25, 0.3) is 0 Å². The molecule has 1 amide bonds. The van der Waals surface area contributed by atoms with E-state index >= 15 is 0 Å². The zero-order valence-electron chi connectivity index (χ0n) is 12.0. The van der Waals surface area contributed by atoms with Gasteiger partial charge in [0.1, 0.15) is 11.5 Å². The maximum absolute atomic E-state index is 13.3. The van der Waals surface area contributed by atoms with E-state index in [2.05, 4.69) is 30.9 Å². The fourth-order valence-corrected chi connectivity index (χ4v) is 2.18. The number of anilines is 1. The zero-order valence-corrected chi connectivity index (χ0v) is 12.8. The van der Waals surface area contributed by atoms with Crippen LogP contribution in [0.3, 0.4) is 0 Å². The average Bonchev–Trinajstić information content (AvgIpc) is 3.07. The molecule has 0 fully saturated rings.